The lowest BCUT2D eigenvalue weighted by Crippen LogP contribution is -2.52. The highest BCUT2D eigenvalue weighted by molar-refractivity contribution is 7.92. The van der Waals surface area contributed by atoms with E-state index < -0.39 is 10.0 Å². The maximum absolute atomic E-state index is 12.8. The van der Waals surface area contributed by atoms with Gasteiger partial charge < -0.3 is 25.2 Å². The number of anilines is 6. The van der Waals surface area contributed by atoms with E-state index in [1.165, 1.54) is 39.5 Å². The molecular weight excluding hydrogens is 733 g/mol. The van der Waals surface area contributed by atoms with Crippen molar-refractivity contribution in [3.63, 3.8) is 0 Å². The quantitative estimate of drug-likeness (QED) is 0.152. The monoisotopic (exact) mass is 778 g/mol. The minimum absolute atomic E-state index is 0.372. The van der Waals surface area contributed by atoms with Crippen LogP contribution in [0.2, 0.25) is 0 Å². The van der Waals surface area contributed by atoms with Crippen molar-refractivity contribution < 1.29 is 13.2 Å². The Bertz CT molecular complexity index is 2410. The number of likely N-dealkylation sites (N-methyl/N-ethyl adjacent to an activating group) is 1. The van der Waals surface area contributed by atoms with Gasteiger partial charge in [-0.15, -0.1) is 11.3 Å². The van der Waals surface area contributed by atoms with Crippen LogP contribution in [0.15, 0.2) is 78.4 Å². The number of nitrogens with zero attached hydrogens (tertiary/aromatic N) is 8. The highest BCUT2D eigenvalue weighted by atomic mass is 32.2. The Labute approximate surface area is 326 Å². The molecule has 55 heavy (non-hydrogen) atoms. The Morgan fingerprint density at radius 1 is 0.891 bits per heavy atom. The molecule has 6 aromatic rings. The number of piperidine rings is 1. The van der Waals surface area contributed by atoms with Crippen LogP contribution in [0.4, 0.5) is 34.5 Å². The summed E-state index contributed by atoms with van der Waals surface area (Å²) in [4.78, 5) is 26.4. The second-order valence-corrected chi connectivity index (χ2v) is 17.2. The molecule has 2 fully saturated rings. The summed E-state index contributed by atoms with van der Waals surface area (Å²) in [5, 5.41) is 8.88. The van der Waals surface area contributed by atoms with Crippen molar-refractivity contribution in [2.75, 3.05) is 86.6 Å². The van der Waals surface area contributed by atoms with Gasteiger partial charge in [-0.3, -0.25) is 19.2 Å². The smallest absolute Gasteiger partial charge is 0.232 e. The molecule has 3 aromatic heterocycles. The lowest BCUT2D eigenvalue weighted by molar-refractivity contribution is 0.0982. The summed E-state index contributed by atoms with van der Waals surface area (Å²) >= 11 is 1.50. The summed E-state index contributed by atoms with van der Waals surface area (Å²) in [7, 11) is 1.78. The normalized spacial score (nSPS) is 16.1. The van der Waals surface area contributed by atoms with Gasteiger partial charge in [0, 0.05) is 76.5 Å². The summed E-state index contributed by atoms with van der Waals surface area (Å²) in [6.45, 7) is 6.51. The molecule has 2 N–H and O–H groups in total. The van der Waals surface area contributed by atoms with E-state index in [1.807, 2.05) is 23.6 Å². The van der Waals surface area contributed by atoms with Gasteiger partial charge in [0.05, 0.1) is 40.5 Å². The Hall–Kier alpha value is -5.09. The third-order valence-electron chi connectivity index (χ3n) is 10.7. The molecule has 15 heteroatoms. The summed E-state index contributed by atoms with van der Waals surface area (Å²) in [5.41, 5.74) is 7.01. The van der Waals surface area contributed by atoms with Crippen molar-refractivity contribution in [3.8, 4) is 5.75 Å². The fraction of sp³-hybridized carbons (Fsp3) is 0.350. The minimum Gasteiger partial charge on any atom is -0.494 e. The lowest BCUT2D eigenvalue weighted by atomic mass is 9.97. The summed E-state index contributed by atoms with van der Waals surface area (Å²) in [5.74, 6) is 1.59. The number of aromatic nitrogens is 4. The Kier molecular flexibility index (Phi) is 10.4. The van der Waals surface area contributed by atoms with E-state index in [0.29, 0.717) is 46.0 Å². The zero-order valence-corrected chi connectivity index (χ0v) is 33.2. The zero-order valence-electron chi connectivity index (χ0n) is 31.6. The van der Waals surface area contributed by atoms with Crippen molar-refractivity contribution in [2.45, 2.75) is 25.3 Å². The van der Waals surface area contributed by atoms with Crippen molar-refractivity contribution in [1.82, 2.24) is 29.7 Å². The standard InChI is InChI=1S/C40H46N10O3S2/c1-47-19-21-49(22-20-47)29-12-17-50(18-13-29)34-26-35(53-3)33(25-28(34)24-27-8-6-5-7-9-27)45-40-44-32-14-23-54-38(32)39(46-40)43-31-11-10-30-36(42-16-15-41-30)37(31)48(2)55(4,51)52/h5-11,14-16,23,25-26,29H,12-13,17-22,24H2,1-4H3,(H2,43,44,45,46). The number of sulfonamides is 1. The van der Waals surface area contributed by atoms with Crippen molar-refractivity contribution in [2.24, 2.45) is 0 Å². The first-order chi connectivity index (χ1) is 26.6. The molecule has 5 heterocycles. The molecule has 2 saturated heterocycles. The number of fused-ring (bicyclic) bond motifs is 2. The van der Waals surface area contributed by atoms with Gasteiger partial charge in [-0.2, -0.15) is 4.98 Å². The highest BCUT2D eigenvalue weighted by Crippen LogP contribution is 2.40. The predicted molar refractivity (Wildman–Crippen MR) is 223 cm³/mol. The van der Waals surface area contributed by atoms with Crippen molar-refractivity contribution in [1.29, 1.82) is 0 Å². The molecule has 2 aliphatic heterocycles. The third kappa shape index (κ3) is 7.87. The number of rotatable bonds is 11. The largest absolute Gasteiger partial charge is 0.494 e. The number of piperazine rings is 1. The first-order valence-electron chi connectivity index (χ1n) is 18.5. The van der Waals surface area contributed by atoms with Gasteiger partial charge in [-0.1, -0.05) is 30.3 Å². The second-order valence-electron chi connectivity index (χ2n) is 14.3. The van der Waals surface area contributed by atoms with Crippen LogP contribution in [0.1, 0.15) is 24.0 Å². The van der Waals surface area contributed by atoms with E-state index in [1.54, 1.807) is 25.6 Å². The fourth-order valence-corrected chi connectivity index (χ4v) is 8.94. The number of benzene rings is 3. The fourth-order valence-electron chi connectivity index (χ4n) is 7.65. The Morgan fingerprint density at radius 2 is 1.65 bits per heavy atom. The SMILES string of the molecule is COc1cc(N2CCC(N3CCN(C)CC3)CC2)c(Cc2ccccc2)cc1Nc1nc(Nc2ccc3nccnc3c2N(C)S(C)(=O)=O)c2sccc2n1. The van der Waals surface area contributed by atoms with Crippen LogP contribution >= 0.6 is 11.3 Å². The molecule has 2 aliphatic rings. The van der Waals surface area contributed by atoms with E-state index in [0.717, 1.165) is 80.7 Å². The maximum atomic E-state index is 12.8. The zero-order chi connectivity index (χ0) is 38.1. The first kappa shape index (κ1) is 36.9. The van der Waals surface area contributed by atoms with E-state index in [2.05, 4.69) is 78.7 Å². The lowest BCUT2D eigenvalue weighted by Gasteiger charge is -2.43. The van der Waals surface area contributed by atoms with Crippen LogP contribution < -0.4 is 24.6 Å². The van der Waals surface area contributed by atoms with Crippen LogP contribution in [-0.2, 0) is 16.4 Å². The molecule has 8 rings (SSSR count). The van der Waals surface area contributed by atoms with Crippen LogP contribution in [-0.4, -0.2) is 111 Å². The molecule has 0 radical (unpaired) electrons. The summed E-state index contributed by atoms with van der Waals surface area (Å²) < 4.78 is 33.7. The minimum atomic E-state index is -3.64. The highest BCUT2D eigenvalue weighted by Gasteiger charge is 2.29. The van der Waals surface area contributed by atoms with Crippen molar-refractivity contribution >= 4 is 77.1 Å². The molecule has 0 aliphatic carbocycles. The molecule has 0 unspecified atom stereocenters. The molecule has 0 atom stereocenters. The number of thiophene rings is 1. The van der Waals surface area contributed by atoms with Gasteiger partial charge in [-0.05, 0) is 67.1 Å². The molecule has 0 spiro atoms. The predicted octanol–water partition coefficient (Wildman–Crippen LogP) is 6.33. The van der Waals surface area contributed by atoms with Gasteiger partial charge in [0.2, 0.25) is 16.0 Å². The van der Waals surface area contributed by atoms with Crippen LogP contribution in [0.5, 0.6) is 5.75 Å². The number of nitrogens with one attached hydrogen (secondary N) is 2. The van der Waals surface area contributed by atoms with Gasteiger partial charge in [-0.25, -0.2) is 13.4 Å². The maximum Gasteiger partial charge on any atom is 0.232 e. The van der Waals surface area contributed by atoms with Gasteiger partial charge >= 0.3 is 0 Å². The summed E-state index contributed by atoms with van der Waals surface area (Å²) in [6.07, 6.45) is 7.32. The molecule has 0 saturated carbocycles. The summed E-state index contributed by atoms with van der Waals surface area (Å²) in [6, 6.07) is 21.0. The number of methoxy groups -OCH3 is 1. The topological polar surface area (TPSA) is 132 Å². The van der Waals surface area contributed by atoms with Crippen LogP contribution in [0.3, 0.4) is 0 Å². The van der Waals surface area contributed by atoms with E-state index >= 15 is 0 Å². The molecule has 13 nitrogen and oxygen atoms in total. The average molecular weight is 779 g/mol. The first-order valence-corrected chi connectivity index (χ1v) is 21.3. The number of ether oxygens (including phenoxy) is 1. The number of hydrogen-bond acceptors (Lipinski definition) is 13. The van der Waals surface area contributed by atoms with E-state index in [-0.39, 0.29) is 0 Å². The van der Waals surface area contributed by atoms with E-state index in [9.17, 15) is 8.42 Å². The molecular formula is C40H46N10O3S2. The van der Waals surface area contributed by atoms with E-state index in [4.69, 9.17) is 14.7 Å². The van der Waals surface area contributed by atoms with Crippen LogP contribution in [0.25, 0.3) is 21.3 Å². The second kappa shape index (κ2) is 15.6. The average Bonchev–Trinajstić information content (AvgIpc) is 3.67. The van der Waals surface area contributed by atoms with Gasteiger partial charge in [0.25, 0.3) is 0 Å². The van der Waals surface area contributed by atoms with Gasteiger partial charge in [0.1, 0.15) is 17.0 Å². The number of hydrogen-bond donors (Lipinski definition) is 2. The van der Waals surface area contributed by atoms with Gasteiger partial charge in [0.15, 0.2) is 5.82 Å². The molecule has 286 valence electrons. The molecule has 3 aromatic carbocycles. The third-order valence-corrected chi connectivity index (χ3v) is 12.8. The van der Waals surface area contributed by atoms with Crippen LogP contribution in [0, 0.1) is 0 Å². The molecule has 0 bridgehead atoms. The Morgan fingerprint density at radius 3 is 2.40 bits per heavy atom. The van der Waals surface area contributed by atoms with Crippen molar-refractivity contribution in [3.05, 3.63) is 89.6 Å². The molecule has 0 amide bonds. The Balaban J connectivity index is 1.13.